The molecule has 0 aliphatic heterocycles. The number of carboxylic acids is 1. The van der Waals surface area contributed by atoms with Crippen molar-refractivity contribution in [1.29, 1.82) is 0 Å². The SMILES string of the molecule is CCCCCCCNCC=C(C)C(=O)O. The number of carbonyl (C=O) groups is 1. The Morgan fingerprint density at radius 3 is 2.53 bits per heavy atom. The third-order valence-corrected chi connectivity index (χ3v) is 2.35. The normalized spacial score (nSPS) is 11.7. The first-order chi connectivity index (χ1) is 7.18. The number of aliphatic carboxylic acids is 1. The molecule has 0 aromatic heterocycles. The van der Waals surface area contributed by atoms with E-state index in [0.717, 1.165) is 6.54 Å². The highest BCUT2D eigenvalue weighted by Crippen LogP contribution is 2.01. The Morgan fingerprint density at radius 1 is 1.27 bits per heavy atom. The van der Waals surface area contributed by atoms with Crippen LogP contribution in [0, 0.1) is 0 Å². The van der Waals surface area contributed by atoms with Gasteiger partial charge in [0.05, 0.1) is 0 Å². The Morgan fingerprint density at radius 2 is 1.93 bits per heavy atom. The molecule has 0 atom stereocenters. The van der Waals surface area contributed by atoms with Crippen LogP contribution in [-0.2, 0) is 4.79 Å². The molecule has 0 rings (SSSR count). The molecule has 0 aromatic carbocycles. The van der Waals surface area contributed by atoms with Gasteiger partial charge in [0.25, 0.3) is 0 Å². The molecule has 0 saturated carbocycles. The molecule has 0 bridgehead atoms. The molecule has 0 aromatic rings. The van der Waals surface area contributed by atoms with E-state index < -0.39 is 5.97 Å². The van der Waals surface area contributed by atoms with Crippen molar-refractivity contribution in [3.8, 4) is 0 Å². The zero-order valence-corrected chi connectivity index (χ0v) is 9.88. The second kappa shape index (κ2) is 9.71. The van der Waals surface area contributed by atoms with Crippen LogP contribution < -0.4 is 5.32 Å². The topological polar surface area (TPSA) is 49.3 Å². The molecule has 15 heavy (non-hydrogen) atoms. The van der Waals surface area contributed by atoms with Crippen molar-refractivity contribution in [3.05, 3.63) is 11.6 Å². The molecule has 3 heteroatoms. The summed E-state index contributed by atoms with van der Waals surface area (Å²) in [6.45, 7) is 5.46. The van der Waals surface area contributed by atoms with Crippen LogP contribution in [0.3, 0.4) is 0 Å². The molecule has 0 unspecified atom stereocenters. The van der Waals surface area contributed by atoms with Gasteiger partial charge in [0.15, 0.2) is 0 Å². The van der Waals surface area contributed by atoms with Crippen LogP contribution in [0.5, 0.6) is 0 Å². The summed E-state index contributed by atoms with van der Waals surface area (Å²) in [5.74, 6) is -0.834. The molecule has 3 nitrogen and oxygen atoms in total. The summed E-state index contributed by atoms with van der Waals surface area (Å²) in [7, 11) is 0. The van der Waals surface area contributed by atoms with Crippen LogP contribution in [0.1, 0.15) is 46.0 Å². The second-order valence-corrected chi connectivity index (χ2v) is 3.81. The van der Waals surface area contributed by atoms with Crippen LogP contribution in [0.25, 0.3) is 0 Å². The van der Waals surface area contributed by atoms with Crippen LogP contribution >= 0.6 is 0 Å². The van der Waals surface area contributed by atoms with Crippen molar-refractivity contribution in [2.45, 2.75) is 46.0 Å². The number of unbranched alkanes of at least 4 members (excludes halogenated alkanes) is 4. The molecule has 2 N–H and O–H groups in total. The van der Waals surface area contributed by atoms with E-state index >= 15 is 0 Å². The molecule has 0 fully saturated rings. The summed E-state index contributed by atoms with van der Waals surface area (Å²) in [5.41, 5.74) is 0.411. The highest BCUT2D eigenvalue weighted by atomic mass is 16.4. The van der Waals surface area contributed by atoms with Gasteiger partial charge in [-0.1, -0.05) is 38.7 Å². The molecule has 88 valence electrons. The number of rotatable bonds is 9. The molecular formula is C12H23NO2. The minimum atomic E-state index is -0.834. The van der Waals surface area contributed by atoms with E-state index in [0.29, 0.717) is 12.1 Å². The number of carboxylic acid groups (broad SMARTS) is 1. The van der Waals surface area contributed by atoms with Gasteiger partial charge < -0.3 is 10.4 Å². The summed E-state index contributed by atoms with van der Waals surface area (Å²) in [4.78, 5) is 10.4. The van der Waals surface area contributed by atoms with Gasteiger partial charge in [0.2, 0.25) is 0 Å². The predicted molar refractivity (Wildman–Crippen MR) is 63.0 cm³/mol. The Balaban J connectivity index is 3.25. The van der Waals surface area contributed by atoms with E-state index in [-0.39, 0.29) is 0 Å². The Hall–Kier alpha value is -0.830. The minimum absolute atomic E-state index is 0.411. The first-order valence-corrected chi connectivity index (χ1v) is 5.79. The molecule has 0 spiro atoms. The van der Waals surface area contributed by atoms with Gasteiger partial charge in [-0.2, -0.15) is 0 Å². The van der Waals surface area contributed by atoms with Crippen molar-refractivity contribution in [3.63, 3.8) is 0 Å². The maximum absolute atomic E-state index is 10.4. The highest BCUT2D eigenvalue weighted by molar-refractivity contribution is 5.85. The minimum Gasteiger partial charge on any atom is -0.478 e. The lowest BCUT2D eigenvalue weighted by atomic mass is 10.1. The van der Waals surface area contributed by atoms with E-state index in [1.54, 1.807) is 13.0 Å². The lowest BCUT2D eigenvalue weighted by molar-refractivity contribution is -0.132. The van der Waals surface area contributed by atoms with Gasteiger partial charge in [-0.05, 0) is 19.9 Å². The lowest BCUT2D eigenvalue weighted by Crippen LogP contribution is -2.16. The van der Waals surface area contributed by atoms with Crippen LogP contribution in [-0.4, -0.2) is 24.2 Å². The van der Waals surface area contributed by atoms with Crippen molar-refractivity contribution in [1.82, 2.24) is 5.32 Å². The highest BCUT2D eigenvalue weighted by Gasteiger charge is 1.97. The van der Waals surface area contributed by atoms with Crippen LogP contribution in [0.2, 0.25) is 0 Å². The third-order valence-electron chi connectivity index (χ3n) is 2.35. The average Bonchev–Trinajstić information content (AvgIpc) is 2.21. The zero-order chi connectivity index (χ0) is 11.5. The monoisotopic (exact) mass is 213 g/mol. The van der Waals surface area contributed by atoms with Gasteiger partial charge in [-0.3, -0.25) is 0 Å². The molecule has 0 aliphatic rings. The van der Waals surface area contributed by atoms with Gasteiger partial charge in [0, 0.05) is 12.1 Å². The fourth-order valence-electron chi connectivity index (χ4n) is 1.27. The Labute approximate surface area is 92.6 Å². The third kappa shape index (κ3) is 9.47. The van der Waals surface area contributed by atoms with Gasteiger partial charge >= 0.3 is 5.97 Å². The molecule has 0 aliphatic carbocycles. The smallest absolute Gasteiger partial charge is 0.330 e. The van der Waals surface area contributed by atoms with E-state index in [4.69, 9.17) is 5.11 Å². The summed E-state index contributed by atoms with van der Waals surface area (Å²) in [5, 5.41) is 11.8. The molecule has 0 amide bonds. The van der Waals surface area contributed by atoms with Crippen LogP contribution in [0.15, 0.2) is 11.6 Å². The summed E-state index contributed by atoms with van der Waals surface area (Å²) < 4.78 is 0. The molecule has 0 radical (unpaired) electrons. The van der Waals surface area contributed by atoms with Crippen molar-refractivity contribution >= 4 is 5.97 Å². The number of nitrogens with one attached hydrogen (secondary N) is 1. The molecular weight excluding hydrogens is 190 g/mol. The van der Waals surface area contributed by atoms with Crippen molar-refractivity contribution in [2.24, 2.45) is 0 Å². The van der Waals surface area contributed by atoms with E-state index in [9.17, 15) is 4.79 Å². The van der Waals surface area contributed by atoms with Crippen molar-refractivity contribution < 1.29 is 9.90 Å². The Bertz CT molecular complexity index is 200. The van der Waals surface area contributed by atoms with E-state index in [1.807, 2.05) is 0 Å². The standard InChI is InChI=1S/C12H23NO2/c1-3-4-5-6-7-9-13-10-8-11(2)12(14)15/h8,13H,3-7,9-10H2,1-2H3,(H,14,15). The van der Waals surface area contributed by atoms with E-state index in [1.165, 1.54) is 32.1 Å². The first-order valence-electron chi connectivity index (χ1n) is 5.79. The van der Waals surface area contributed by atoms with Crippen molar-refractivity contribution in [2.75, 3.05) is 13.1 Å². The maximum Gasteiger partial charge on any atom is 0.330 e. The molecule has 0 heterocycles. The van der Waals surface area contributed by atoms with Gasteiger partial charge in [-0.25, -0.2) is 4.79 Å². The average molecular weight is 213 g/mol. The van der Waals surface area contributed by atoms with E-state index in [2.05, 4.69) is 12.2 Å². The molecule has 0 saturated heterocycles. The zero-order valence-electron chi connectivity index (χ0n) is 9.88. The largest absolute Gasteiger partial charge is 0.478 e. The number of hydrogen-bond donors (Lipinski definition) is 2. The van der Waals surface area contributed by atoms with Gasteiger partial charge in [-0.15, -0.1) is 0 Å². The summed E-state index contributed by atoms with van der Waals surface area (Å²) in [6.07, 6.45) is 8.06. The fraction of sp³-hybridized carbons (Fsp3) is 0.750. The second-order valence-electron chi connectivity index (χ2n) is 3.81. The quantitative estimate of drug-likeness (QED) is 0.457. The van der Waals surface area contributed by atoms with Crippen LogP contribution in [0.4, 0.5) is 0 Å². The summed E-state index contributed by atoms with van der Waals surface area (Å²) >= 11 is 0. The van der Waals surface area contributed by atoms with Gasteiger partial charge in [0.1, 0.15) is 0 Å². The summed E-state index contributed by atoms with van der Waals surface area (Å²) in [6, 6.07) is 0. The maximum atomic E-state index is 10.4. The fourth-order valence-corrected chi connectivity index (χ4v) is 1.27. The number of hydrogen-bond acceptors (Lipinski definition) is 2. The predicted octanol–water partition coefficient (Wildman–Crippen LogP) is 2.58. The Kier molecular flexibility index (Phi) is 9.18. The lowest BCUT2D eigenvalue weighted by Gasteiger charge is -2.01. The first kappa shape index (κ1) is 14.2.